The largest absolute Gasteiger partial charge is 0.376 e. The zero-order chi connectivity index (χ0) is 19.1. The van der Waals surface area contributed by atoms with E-state index >= 15 is 0 Å². The van der Waals surface area contributed by atoms with Crippen LogP contribution in [0.25, 0.3) is 0 Å². The Morgan fingerprint density at radius 1 is 0.963 bits per heavy atom. The first-order valence-electron chi connectivity index (χ1n) is 9.22. The SMILES string of the molecule is Cc1ccc(S(=O)(=O)OCCOC2CC(COCc3ccccc3)C2)cc1. The van der Waals surface area contributed by atoms with Gasteiger partial charge < -0.3 is 9.47 Å². The first kappa shape index (κ1) is 20.0. The lowest BCUT2D eigenvalue weighted by atomic mass is 9.83. The Labute approximate surface area is 161 Å². The molecule has 0 amide bonds. The van der Waals surface area contributed by atoms with Crippen molar-refractivity contribution in [2.45, 2.75) is 37.4 Å². The van der Waals surface area contributed by atoms with Crippen LogP contribution < -0.4 is 0 Å². The van der Waals surface area contributed by atoms with Crippen molar-refractivity contribution in [3.05, 3.63) is 65.7 Å². The van der Waals surface area contributed by atoms with E-state index in [1.165, 1.54) is 5.56 Å². The summed E-state index contributed by atoms with van der Waals surface area (Å²) in [6.07, 6.45) is 2.06. The second kappa shape index (κ2) is 9.46. The lowest BCUT2D eigenvalue weighted by molar-refractivity contribution is -0.0641. The zero-order valence-electron chi connectivity index (χ0n) is 15.5. The molecule has 1 saturated carbocycles. The summed E-state index contributed by atoms with van der Waals surface area (Å²) in [6, 6.07) is 16.7. The van der Waals surface area contributed by atoms with Crippen molar-refractivity contribution in [2.75, 3.05) is 19.8 Å². The molecule has 5 nitrogen and oxygen atoms in total. The van der Waals surface area contributed by atoms with Crippen molar-refractivity contribution < 1.29 is 22.1 Å². The van der Waals surface area contributed by atoms with Crippen molar-refractivity contribution in [3.8, 4) is 0 Å². The molecule has 2 aromatic rings. The summed E-state index contributed by atoms with van der Waals surface area (Å²) < 4.78 is 40.6. The fourth-order valence-electron chi connectivity index (χ4n) is 3.00. The van der Waals surface area contributed by atoms with E-state index in [2.05, 4.69) is 12.1 Å². The summed E-state index contributed by atoms with van der Waals surface area (Å²) in [5.74, 6) is 0.510. The second-order valence-corrected chi connectivity index (χ2v) is 8.54. The smallest absolute Gasteiger partial charge is 0.297 e. The summed E-state index contributed by atoms with van der Waals surface area (Å²) in [6.45, 7) is 3.57. The van der Waals surface area contributed by atoms with Gasteiger partial charge in [0.15, 0.2) is 0 Å². The number of hydrogen-bond donors (Lipinski definition) is 0. The molecule has 0 unspecified atom stereocenters. The van der Waals surface area contributed by atoms with Crippen LogP contribution in [0.1, 0.15) is 24.0 Å². The number of aryl methyl sites for hydroxylation is 1. The van der Waals surface area contributed by atoms with Gasteiger partial charge in [-0.1, -0.05) is 48.0 Å². The standard InChI is InChI=1S/C21H26O5S/c1-17-7-9-21(10-8-17)27(22,23)26-12-11-25-20-13-19(14-20)16-24-15-18-5-3-2-4-6-18/h2-10,19-20H,11-16H2,1H3. The number of benzene rings is 2. The van der Waals surface area contributed by atoms with E-state index in [-0.39, 0.29) is 24.2 Å². The molecule has 1 aliphatic carbocycles. The van der Waals surface area contributed by atoms with Crippen LogP contribution in [0.15, 0.2) is 59.5 Å². The molecule has 1 fully saturated rings. The molecular weight excluding hydrogens is 364 g/mol. The van der Waals surface area contributed by atoms with Gasteiger partial charge >= 0.3 is 0 Å². The average Bonchev–Trinajstić information content (AvgIpc) is 2.63. The van der Waals surface area contributed by atoms with Gasteiger partial charge in [-0.15, -0.1) is 0 Å². The molecule has 6 heteroatoms. The Bertz CT molecular complexity index is 796. The Morgan fingerprint density at radius 3 is 2.37 bits per heavy atom. The first-order chi connectivity index (χ1) is 13.0. The van der Waals surface area contributed by atoms with Crippen molar-refractivity contribution in [2.24, 2.45) is 5.92 Å². The van der Waals surface area contributed by atoms with Gasteiger partial charge in [0.05, 0.1) is 37.4 Å². The third-order valence-corrected chi connectivity index (χ3v) is 5.97. The average molecular weight is 391 g/mol. The Kier molecular flexibility index (Phi) is 7.01. The number of ether oxygens (including phenoxy) is 2. The summed E-state index contributed by atoms with van der Waals surface area (Å²) in [5.41, 5.74) is 2.18. The molecule has 0 aliphatic heterocycles. The molecule has 0 atom stereocenters. The predicted octanol–water partition coefficient (Wildman–Crippen LogP) is 3.71. The lowest BCUT2D eigenvalue weighted by Crippen LogP contribution is -2.35. The first-order valence-corrected chi connectivity index (χ1v) is 10.6. The molecule has 0 spiro atoms. The number of rotatable bonds is 10. The van der Waals surface area contributed by atoms with Crippen LogP contribution in [0.3, 0.4) is 0 Å². The monoisotopic (exact) mass is 390 g/mol. The van der Waals surface area contributed by atoms with Crippen molar-refractivity contribution in [1.29, 1.82) is 0 Å². The van der Waals surface area contributed by atoms with Crippen LogP contribution in [-0.2, 0) is 30.4 Å². The second-order valence-electron chi connectivity index (χ2n) is 6.92. The highest BCUT2D eigenvalue weighted by Gasteiger charge is 2.30. The Hall–Kier alpha value is -1.73. The predicted molar refractivity (Wildman–Crippen MR) is 103 cm³/mol. The molecule has 0 radical (unpaired) electrons. The summed E-state index contributed by atoms with van der Waals surface area (Å²) >= 11 is 0. The van der Waals surface area contributed by atoms with E-state index < -0.39 is 10.1 Å². The van der Waals surface area contributed by atoms with E-state index in [4.69, 9.17) is 13.7 Å². The molecule has 0 heterocycles. The van der Waals surface area contributed by atoms with Crippen molar-refractivity contribution in [3.63, 3.8) is 0 Å². The van der Waals surface area contributed by atoms with Gasteiger partial charge in [0.25, 0.3) is 10.1 Å². The Morgan fingerprint density at radius 2 is 1.67 bits per heavy atom. The van der Waals surface area contributed by atoms with Gasteiger partial charge in [0.1, 0.15) is 0 Å². The minimum atomic E-state index is -3.71. The van der Waals surface area contributed by atoms with Gasteiger partial charge in [-0.2, -0.15) is 8.42 Å². The molecule has 0 bridgehead atoms. The molecule has 0 aromatic heterocycles. The fourth-order valence-corrected chi connectivity index (χ4v) is 3.89. The van der Waals surface area contributed by atoms with Gasteiger partial charge in [-0.3, -0.25) is 4.18 Å². The maximum absolute atomic E-state index is 12.1. The summed E-state index contributed by atoms with van der Waals surface area (Å²) in [4.78, 5) is 0.173. The molecule has 146 valence electrons. The Balaban J connectivity index is 1.26. The molecule has 2 aromatic carbocycles. The van der Waals surface area contributed by atoms with E-state index in [0.29, 0.717) is 12.5 Å². The zero-order valence-corrected chi connectivity index (χ0v) is 16.4. The van der Waals surface area contributed by atoms with E-state index in [1.54, 1.807) is 24.3 Å². The highest BCUT2D eigenvalue weighted by atomic mass is 32.2. The van der Waals surface area contributed by atoms with Gasteiger partial charge in [-0.05, 0) is 43.4 Å². The van der Waals surface area contributed by atoms with Crippen LogP contribution in [0.4, 0.5) is 0 Å². The van der Waals surface area contributed by atoms with Crippen LogP contribution in [0.5, 0.6) is 0 Å². The van der Waals surface area contributed by atoms with Gasteiger partial charge in [0.2, 0.25) is 0 Å². The van der Waals surface area contributed by atoms with Crippen LogP contribution >= 0.6 is 0 Å². The normalized spacial score (nSPS) is 19.6. The maximum Gasteiger partial charge on any atom is 0.297 e. The summed E-state index contributed by atoms with van der Waals surface area (Å²) in [5, 5.41) is 0. The molecule has 1 aliphatic rings. The van der Waals surface area contributed by atoms with E-state index in [0.717, 1.165) is 25.0 Å². The summed E-state index contributed by atoms with van der Waals surface area (Å²) in [7, 11) is -3.71. The topological polar surface area (TPSA) is 61.8 Å². The van der Waals surface area contributed by atoms with Gasteiger partial charge in [0, 0.05) is 0 Å². The molecule has 3 rings (SSSR count). The van der Waals surface area contributed by atoms with Crippen LogP contribution in [0, 0.1) is 12.8 Å². The van der Waals surface area contributed by atoms with Crippen LogP contribution in [-0.4, -0.2) is 34.3 Å². The van der Waals surface area contributed by atoms with Crippen LogP contribution in [0.2, 0.25) is 0 Å². The lowest BCUT2D eigenvalue weighted by Gasteiger charge is -2.34. The highest BCUT2D eigenvalue weighted by Crippen LogP contribution is 2.30. The molecule has 0 saturated heterocycles. The molecule has 27 heavy (non-hydrogen) atoms. The molecular formula is C21H26O5S. The van der Waals surface area contributed by atoms with E-state index in [1.807, 2.05) is 25.1 Å². The van der Waals surface area contributed by atoms with Crippen molar-refractivity contribution >= 4 is 10.1 Å². The number of hydrogen-bond acceptors (Lipinski definition) is 5. The highest BCUT2D eigenvalue weighted by molar-refractivity contribution is 7.86. The third-order valence-electron chi connectivity index (χ3n) is 4.64. The fraction of sp³-hybridized carbons (Fsp3) is 0.429. The third kappa shape index (κ3) is 6.14. The molecule has 0 N–H and O–H groups in total. The van der Waals surface area contributed by atoms with Gasteiger partial charge in [-0.25, -0.2) is 0 Å². The van der Waals surface area contributed by atoms with Crippen molar-refractivity contribution in [1.82, 2.24) is 0 Å². The quantitative estimate of drug-likeness (QED) is 0.457. The van der Waals surface area contributed by atoms with E-state index in [9.17, 15) is 8.42 Å². The minimum Gasteiger partial charge on any atom is -0.376 e. The maximum atomic E-state index is 12.1. The minimum absolute atomic E-state index is 0.0296.